The van der Waals surface area contributed by atoms with E-state index in [4.69, 9.17) is 24.4 Å². The van der Waals surface area contributed by atoms with Crippen LogP contribution in [-0.4, -0.2) is 19.9 Å². The lowest BCUT2D eigenvalue weighted by molar-refractivity contribution is 0.669. The summed E-state index contributed by atoms with van der Waals surface area (Å²) in [6, 6.07) is 43.2. The van der Waals surface area contributed by atoms with Crippen LogP contribution in [0.15, 0.2) is 151 Å². The zero-order valence-corrected chi connectivity index (χ0v) is 26.1. The van der Waals surface area contributed by atoms with E-state index < -0.39 is 0 Å². The standard InChI is InChI=1S/C44H24N4O/c1-3-7-33-29(5-1)31-13-9-25(23-37(31)43-41(33)45-17-19-47-43)27-11-15-39-35(21-27)36-22-28(12-16-40(36)49-39)26-10-14-32-30-6-2-4-8-34(30)42-44(38(32)24-26)48-20-18-46-42/h1-24H. The van der Waals surface area contributed by atoms with Crippen LogP contribution in [0.2, 0.25) is 0 Å². The fraction of sp³-hybridized carbons (Fsp3) is 0. The van der Waals surface area contributed by atoms with Crippen LogP contribution < -0.4 is 0 Å². The molecule has 0 spiro atoms. The Hall–Kier alpha value is -6.72. The third-order valence-corrected chi connectivity index (χ3v) is 10.0. The predicted molar refractivity (Wildman–Crippen MR) is 201 cm³/mol. The average Bonchev–Trinajstić information content (AvgIpc) is 3.55. The van der Waals surface area contributed by atoms with Crippen LogP contribution >= 0.6 is 0 Å². The fourth-order valence-electron chi connectivity index (χ4n) is 7.76. The minimum absolute atomic E-state index is 0.866. The molecule has 49 heavy (non-hydrogen) atoms. The zero-order chi connectivity index (χ0) is 32.1. The summed E-state index contributed by atoms with van der Waals surface area (Å²) in [7, 11) is 0. The van der Waals surface area contributed by atoms with Crippen molar-refractivity contribution in [2.24, 2.45) is 0 Å². The van der Waals surface area contributed by atoms with Gasteiger partial charge in [0.1, 0.15) is 11.2 Å². The van der Waals surface area contributed by atoms with E-state index in [1.54, 1.807) is 24.8 Å². The van der Waals surface area contributed by atoms with Gasteiger partial charge in [-0.05, 0) is 80.2 Å². The van der Waals surface area contributed by atoms with E-state index in [0.717, 1.165) is 87.8 Å². The van der Waals surface area contributed by atoms with E-state index in [0.29, 0.717) is 0 Å². The van der Waals surface area contributed by atoms with Crippen molar-refractivity contribution in [3.8, 4) is 22.3 Å². The summed E-state index contributed by atoms with van der Waals surface area (Å²) >= 11 is 0. The van der Waals surface area contributed by atoms with Crippen LogP contribution in [0, 0.1) is 0 Å². The maximum absolute atomic E-state index is 6.35. The molecule has 0 aliphatic carbocycles. The molecule has 0 aliphatic heterocycles. The van der Waals surface area contributed by atoms with Gasteiger partial charge in [0.15, 0.2) is 0 Å². The van der Waals surface area contributed by atoms with Crippen molar-refractivity contribution in [1.29, 1.82) is 0 Å². The van der Waals surface area contributed by atoms with Gasteiger partial charge in [-0.25, -0.2) is 0 Å². The monoisotopic (exact) mass is 624 g/mol. The molecule has 0 fully saturated rings. The Morgan fingerprint density at radius 1 is 0.286 bits per heavy atom. The topological polar surface area (TPSA) is 64.7 Å². The van der Waals surface area contributed by atoms with Crippen LogP contribution in [0.1, 0.15) is 0 Å². The molecule has 5 nitrogen and oxygen atoms in total. The van der Waals surface area contributed by atoms with E-state index in [1.165, 1.54) is 21.5 Å². The molecule has 0 atom stereocenters. The van der Waals surface area contributed by atoms with Gasteiger partial charge >= 0.3 is 0 Å². The number of furan rings is 1. The minimum atomic E-state index is 0.866. The van der Waals surface area contributed by atoms with E-state index in [1.807, 2.05) is 0 Å². The van der Waals surface area contributed by atoms with Gasteiger partial charge in [0.05, 0.1) is 22.1 Å². The molecule has 0 bridgehead atoms. The van der Waals surface area contributed by atoms with E-state index >= 15 is 0 Å². The molecule has 226 valence electrons. The summed E-state index contributed by atoms with van der Waals surface area (Å²) in [5.74, 6) is 0. The Balaban J connectivity index is 1.08. The van der Waals surface area contributed by atoms with Crippen LogP contribution in [0.3, 0.4) is 0 Å². The summed E-state index contributed by atoms with van der Waals surface area (Å²) in [4.78, 5) is 19.0. The molecule has 11 rings (SSSR count). The van der Waals surface area contributed by atoms with Gasteiger partial charge in [-0.2, -0.15) is 0 Å². The average molecular weight is 625 g/mol. The molecule has 8 aromatic carbocycles. The molecule has 0 saturated heterocycles. The Bertz CT molecular complexity index is 2900. The Morgan fingerprint density at radius 2 is 0.612 bits per heavy atom. The van der Waals surface area contributed by atoms with E-state index in [2.05, 4.69) is 121 Å². The summed E-state index contributed by atoms with van der Waals surface area (Å²) in [6.07, 6.45) is 7.09. The molecule has 0 aliphatic rings. The highest BCUT2D eigenvalue weighted by Crippen LogP contribution is 2.40. The molecule has 0 unspecified atom stereocenters. The van der Waals surface area contributed by atoms with Gasteiger partial charge in [0, 0.05) is 57.1 Å². The van der Waals surface area contributed by atoms with E-state index in [9.17, 15) is 0 Å². The number of rotatable bonds is 2. The lowest BCUT2D eigenvalue weighted by atomic mass is 9.94. The minimum Gasteiger partial charge on any atom is -0.456 e. The molecule has 5 heteroatoms. The lowest BCUT2D eigenvalue weighted by Crippen LogP contribution is -1.89. The smallest absolute Gasteiger partial charge is 0.135 e. The number of hydrogen-bond acceptors (Lipinski definition) is 5. The highest BCUT2D eigenvalue weighted by molar-refractivity contribution is 6.24. The Labute approximate surface area is 279 Å². The summed E-state index contributed by atoms with van der Waals surface area (Å²) in [5.41, 5.74) is 9.90. The maximum atomic E-state index is 6.35. The lowest BCUT2D eigenvalue weighted by Gasteiger charge is -2.11. The fourth-order valence-corrected chi connectivity index (χ4v) is 7.76. The van der Waals surface area contributed by atoms with Gasteiger partial charge in [-0.15, -0.1) is 0 Å². The van der Waals surface area contributed by atoms with Crippen molar-refractivity contribution in [3.05, 3.63) is 146 Å². The quantitative estimate of drug-likeness (QED) is 0.179. The summed E-state index contributed by atoms with van der Waals surface area (Å²) < 4.78 is 6.35. The Morgan fingerprint density at radius 3 is 1.04 bits per heavy atom. The SMILES string of the molecule is c1ccc2c(c1)c1ccc(-c3ccc4oc5ccc(-c6ccc7c8ccccc8c8nccnc8c7c6)cc5c4c3)cc1c1nccnc21. The number of nitrogens with zero attached hydrogens (tertiary/aromatic N) is 4. The molecular weight excluding hydrogens is 601 g/mol. The van der Waals surface area contributed by atoms with Crippen molar-refractivity contribution >= 4 is 87.1 Å². The van der Waals surface area contributed by atoms with E-state index in [-0.39, 0.29) is 0 Å². The molecule has 0 N–H and O–H groups in total. The molecule has 0 radical (unpaired) electrons. The van der Waals surface area contributed by atoms with Crippen LogP contribution in [0.5, 0.6) is 0 Å². The maximum Gasteiger partial charge on any atom is 0.135 e. The first-order valence-electron chi connectivity index (χ1n) is 16.4. The number of aromatic nitrogens is 4. The predicted octanol–water partition coefficient (Wildman–Crippen LogP) is 11.4. The number of fused-ring (bicyclic) bond motifs is 15. The first kappa shape index (κ1) is 26.4. The largest absolute Gasteiger partial charge is 0.456 e. The third kappa shape index (κ3) is 3.81. The highest BCUT2D eigenvalue weighted by atomic mass is 16.3. The molecule has 0 saturated carbocycles. The highest BCUT2D eigenvalue weighted by Gasteiger charge is 2.15. The van der Waals surface area contributed by atoms with Gasteiger partial charge < -0.3 is 4.42 Å². The second kappa shape index (κ2) is 9.89. The van der Waals surface area contributed by atoms with Crippen molar-refractivity contribution in [3.63, 3.8) is 0 Å². The summed E-state index contributed by atoms with van der Waals surface area (Å²) in [6.45, 7) is 0. The number of hydrogen-bond donors (Lipinski definition) is 0. The Kier molecular flexibility index (Phi) is 5.32. The molecule has 11 aromatic rings. The summed E-state index contributed by atoms with van der Waals surface area (Å²) in [5, 5.41) is 11.3. The van der Waals surface area contributed by atoms with Crippen LogP contribution in [0.4, 0.5) is 0 Å². The third-order valence-electron chi connectivity index (χ3n) is 10.0. The second-order valence-corrected chi connectivity index (χ2v) is 12.6. The number of benzene rings is 8. The van der Waals surface area contributed by atoms with Gasteiger partial charge in [-0.3, -0.25) is 19.9 Å². The first-order valence-corrected chi connectivity index (χ1v) is 16.4. The molecule has 0 amide bonds. The van der Waals surface area contributed by atoms with Crippen molar-refractivity contribution in [1.82, 2.24) is 19.9 Å². The van der Waals surface area contributed by atoms with Crippen molar-refractivity contribution in [2.75, 3.05) is 0 Å². The molecule has 3 aromatic heterocycles. The van der Waals surface area contributed by atoms with Crippen LogP contribution in [0.25, 0.3) is 109 Å². The van der Waals surface area contributed by atoms with Crippen molar-refractivity contribution in [2.45, 2.75) is 0 Å². The van der Waals surface area contributed by atoms with Crippen LogP contribution in [-0.2, 0) is 0 Å². The van der Waals surface area contributed by atoms with Gasteiger partial charge in [0.2, 0.25) is 0 Å². The first-order chi connectivity index (χ1) is 24.3. The second-order valence-electron chi connectivity index (χ2n) is 12.6. The molecule has 3 heterocycles. The zero-order valence-electron chi connectivity index (χ0n) is 26.1. The molecular formula is C44H24N4O. The normalized spacial score (nSPS) is 12.1. The van der Waals surface area contributed by atoms with Crippen molar-refractivity contribution < 1.29 is 4.42 Å². The van der Waals surface area contributed by atoms with Gasteiger partial charge in [-0.1, -0.05) is 84.9 Å². The van der Waals surface area contributed by atoms with Gasteiger partial charge in [0.25, 0.3) is 0 Å².